The second kappa shape index (κ2) is 7.84. The summed E-state index contributed by atoms with van der Waals surface area (Å²) in [6, 6.07) is 11.9. The molecule has 144 valence electrons. The van der Waals surface area contributed by atoms with Crippen molar-refractivity contribution in [1.82, 2.24) is 9.29 Å². The Morgan fingerprint density at radius 2 is 1.96 bits per heavy atom. The monoisotopic (exact) mass is 406 g/mol. The van der Waals surface area contributed by atoms with E-state index in [0.717, 1.165) is 28.2 Å². The average Bonchev–Trinajstić information content (AvgIpc) is 2.94. The Balaban J connectivity index is 1.75. The van der Waals surface area contributed by atoms with Crippen molar-refractivity contribution < 1.29 is 13.2 Å². The van der Waals surface area contributed by atoms with E-state index in [-0.39, 0.29) is 16.4 Å². The molecule has 1 heterocycles. The SMILES string of the molecule is CCn1c(=O)sc2cc(S(=O)(=O)N[C@@H](C)COc3ccccc3C)ccc21. The van der Waals surface area contributed by atoms with Crippen LogP contribution >= 0.6 is 11.3 Å². The molecule has 0 fully saturated rings. The predicted molar refractivity (Wildman–Crippen MR) is 108 cm³/mol. The first kappa shape index (κ1) is 19.6. The molecule has 3 rings (SSSR count). The number of benzene rings is 2. The first-order valence-electron chi connectivity index (χ1n) is 8.66. The molecular formula is C19H22N2O4S2. The summed E-state index contributed by atoms with van der Waals surface area (Å²) in [5, 5.41) is 0. The van der Waals surface area contributed by atoms with Gasteiger partial charge in [0.15, 0.2) is 0 Å². The third kappa shape index (κ3) is 4.23. The number of hydrogen-bond acceptors (Lipinski definition) is 5. The van der Waals surface area contributed by atoms with Crippen LogP contribution in [0.3, 0.4) is 0 Å². The summed E-state index contributed by atoms with van der Waals surface area (Å²) < 4.78 is 36.0. The fourth-order valence-electron chi connectivity index (χ4n) is 2.81. The van der Waals surface area contributed by atoms with Gasteiger partial charge in [0.25, 0.3) is 0 Å². The van der Waals surface area contributed by atoms with Crippen molar-refractivity contribution >= 4 is 31.6 Å². The summed E-state index contributed by atoms with van der Waals surface area (Å²) in [5.74, 6) is 0.732. The van der Waals surface area contributed by atoms with Crippen molar-refractivity contribution in [1.29, 1.82) is 0 Å². The fourth-order valence-corrected chi connectivity index (χ4v) is 5.14. The molecule has 0 aliphatic rings. The van der Waals surface area contributed by atoms with Crippen LogP contribution in [0, 0.1) is 6.92 Å². The highest BCUT2D eigenvalue weighted by Crippen LogP contribution is 2.22. The van der Waals surface area contributed by atoms with E-state index in [9.17, 15) is 13.2 Å². The highest BCUT2D eigenvalue weighted by atomic mass is 32.2. The van der Waals surface area contributed by atoms with Gasteiger partial charge < -0.3 is 4.74 Å². The van der Waals surface area contributed by atoms with E-state index >= 15 is 0 Å². The molecule has 3 aromatic rings. The fraction of sp³-hybridized carbons (Fsp3) is 0.316. The summed E-state index contributed by atoms with van der Waals surface area (Å²) in [4.78, 5) is 12.0. The van der Waals surface area contributed by atoms with Gasteiger partial charge in [0.05, 0.1) is 21.2 Å². The average molecular weight is 407 g/mol. The number of fused-ring (bicyclic) bond motifs is 1. The van der Waals surface area contributed by atoms with Crippen molar-refractivity contribution in [3.63, 3.8) is 0 Å². The molecule has 0 bridgehead atoms. The maximum Gasteiger partial charge on any atom is 0.308 e. The molecule has 1 aromatic heterocycles. The van der Waals surface area contributed by atoms with Crippen LogP contribution in [0.25, 0.3) is 10.2 Å². The number of nitrogens with zero attached hydrogens (tertiary/aromatic N) is 1. The Labute approximate surface area is 162 Å². The molecule has 0 aliphatic heterocycles. The van der Waals surface area contributed by atoms with Gasteiger partial charge >= 0.3 is 4.87 Å². The number of sulfonamides is 1. The number of para-hydroxylation sites is 1. The van der Waals surface area contributed by atoms with Crippen LogP contribution in [0.4, 0.5) is 0 Å². The van der Waals surface area contributed by atoms with Crippen LogP contribution in [0.2, 0.25) is 0 Å². The van der Waals surface area contributed by atoms with Crippen LogP contribution in [0.1, 0.15) is 19.4 Å². The van der Waals surface area contributed by atoms with Gasteiger partial charge in [-0.25, -0.2) is 13.1 Å². The topological polar surface area (TPSA) is 77.4 Å². The first-order chi connectivity index (χ1) is 12.8. The molecule has 0 spiro atoms. The van der Waals surface area contributed by atoms with Gasteiger partial charge in [0, 0.05) is 6.54 Å². The number of thiazole rings is 1. The third-order valence-corrected chi connectivity index (χ3v) is 6.73. The van der Waals surface area contributed by atoms with Gasteiger partial charge in [-0.15, -0.1) is 0 Å². The smallest absolute Gasteiger partial charge is 0.308 e. The van der Waals surface area contributed by atoms with Gasteiger partial charge in [0.1, 0.15) is 12.4 Å². The summed E-state index contributed by atoms with van der Waals surface area (Å²) in [6.45, 7) is 6.34. The van der Waals surface area contributed by atoms with Crippen molar-refractivity contribution in [3.05, 3.63) is 57.7 Å². The number of nitrogens with one attached hydrogen (secondary N) is 1. The highest BCUT2D eigenvalue weighted by Gasteiger charge is 2.19. The number of rotatable bonds is 7. The predicted octanol–water partition coefficient (Wildman–Crippen LogP) is 3.14. The van der Waals surface area contributed by atoms with Crippen LogP contribution in [0.15, 0.2) is 52.2 Å². The molecule has 27 heavy (non-hydrogen) atoms. The van der Waals surface area contributed by atoms with Crippen molar-refractivity contribution in [2.75, 3.05) is 6.61 Å². The highest BCUT2D eigenvalue weighted by molar-refractivity contribution is 7.89. The zero-order valence-corrected chi connectivity index (χ0v) is 17.1. The standard InChI is InChI=1S/C19H22N2O4S2/c1-4-21-16-10-9-15(11-18(16)26-19(21)22)27(23,24)20-14(3)12-25-17-8-6-5-7-13(17)2/h5-11,14,20H,4,12H2,1-3H3/t14-/m0/s1. The zero-order chi connectivity index (χ0) is 19.6. The minimum Gasteiger partial charge on any atom is -0.492 e. The lowest BCUT2D eigenvalue weighted by atomic mass is 10.2. The molecule has 0 aliphatic carbocycles. The molecule has 0 radical (unpaired) electrons. The second-order valence-electron chi connectivity index (χ2n) is 6.34. The number of aromatic nitrogens is 1. The molecule has 0 saturated carbocycles. The van der Waals surface area contributed by atoms with Gasteiger partial charge in [-0.2, -0.15) is 0 Å². The summed E-state index contributed by atoms with van der Waals surface area (Å²) in [7, 11) is -3.71. The van der Waals surface area contributed by atoms with Crippen LogP contribution < -0.4 is 14.3 Å². The van der Waals surface area contributed by atoms with E-state index in [4.69, 9.17) is 4.74 Å². The summed E-state index contributed by atoms with van der Waals surface area (Å²) in [6.07, 6.45) is 0. The molecule has 0 saturated heterocycles. The van der Waals surface area contributed by atoms with Crippen molar-refractivity contribution in [3.8, 4) is 5.75 Å². The third-order valence-electron chi connectivity index (χ3n) is 4.21. The minimum atomic E-state index is -3.71. The Hall–Kier alpha value is -2.16. The van der Waals surface area contributed by atoms with Crippen LogP contribution in [0.5, 0.6) is 5.75 Å². The van der Waals surface area contributed by atoms with E-state index in [1.54, 1.807) is 23.6 Å². The summed E-state index contributed by atoms with van der Waals surface area (Å²) >= 11 is 1.05. The molecule has 1 atom stereocenters. The van der Waals surface area contributed by atoms with E-state index in [1.165, 1.54) is 6.07 Å². The number of aryl methyl sites for hydroxylation is 2. The minimum absolute atomic E-state index is 0.0880. The number of ether oxygens (including phenoxy) is 1. The lowest BCUT2D eigenvalue weighted by Crippen LogP contribution is -2.36. The molecule has 0 amide bonds. The first-order valence-corrected chi connectivity index (χ1v) is 11.0. The van der Waals surface area contributed by atoms with Gasteiger partial charge in [-0.05, 0) is 50.6 Å². The molecule has 0 unspecified atom stereocenters. The maximum absolute atomic E-state index is 12.7. The Kier molecular flexibility index (Phi) is 5.69. The Morgan fingerprint density at radius 3 is 2.67 bits per heavy atom. The van der Waals surface area contributed by atoms with E-state index in [0.29, 0.717) is 11.2 Å². The number of hydrogen-bond donors (Lipinski definition) is 1. The Bertz CT molecular complexity index is 1120. The molecule has 2 aromatic carbocycles. The lowest BCUT2D eigenvalue weighted by Gasteiger charge is -2.16. The maximum atomic E-state index is 12.7. The van der Waals surface area contributed by atoms with Crippen molar-refractivity contribution in [2.45, 2.75) is 38.3 Å². The largest absolute Gasteiger partial charge is 0.492 e. The van der Waals surface area contributed by atoms with Crippen LogP contribution in [-0.2, 0) is 16.6 Å². The normalized spacial score (nSPS) is 13.0. The molecule has 6 nitrogen and oxygen atoms in total. The second-order valence-corrected chi connectivity index (χ2v) is 9.05. The molecule has 1 N–H and O–H groups in total. The van der Waals surface area contributed by atoms with Crippen molar-refractivity contribution in [2.24, 2.45) is 0 Å². The van der Waals surface area contributed by atoms with Crippen LogP contribution in [-0.4, -0.2) is 25.6 Å². The van der Waals surface area contributed by atoms with E-state index in [2.05, 4.69) is 4.72 Å². The van der Waals surface area contributed by atoms with Gasteiger partial charge in [-0.3, -0.25) is 9.36 Å². The molecular weight excluding hydrogens is 384 g/mol. The quantitative estimate of drug-likeness (QED) is 0.654. The van der Waals surface area contributed by atoms with E-state index in [1.807, 2.05) is 38.1 Å². The van der Waals surface area contributed by atoms with Gasteiger partial charge in [0.2, 0.25) is 10.0 Å². The van der Waals surface area contributed by atoms with Gasteiger partial charge in [-0.1, -0.05) is 29.5 Å². The zero-order valence-electron chi connectivity index (χ0n) is 15.4. The summed E-state index contributed by atoms with van der Waals surface area (Å²) in [5.41, 5.74) is 1.75. The lowest BCUT2D eigenvalue weighted by molar-refractivity contribution is 0.286. The molecule has 8 heteroatoms. The van der Waals surface area contributed by atoms with E-state index < -0.39 is 16.1 Å². The Morgan fingerprint density at radius 1 is 1.22 bits per heavy atom.